The van der Waals surface area contributed by atoms with Crippen molar-refractivity contribution >= 4 is 45.7 Å². The van der Waals surface area contributed by atoms with E-state index in [0.29, 0.717) is 65.9 Å². The van der Waals surface area contributed by atoms with Crippen molar-refractivity contribution in [3.63, 3.8) is 0 Å². The largest absolute Gasteiger partial charge is 0.353 e. The van der Waals surface area contributed by atoms with Crippen LogP contribution in [0.3, 0.4) is 0 Å². The average molecular weight is 620 g/mol. The molecule has 1 N–H and O–H groups in total. The van der Waals surface area contributed by atoms with Crippen molar-refractivity contribution in [1.29, 1.82) is 0 Å². The fourth-order valence-corrected chi connectivity index (χ4v) is 4.97. The standard InChI is InChI=1S/C27H32BrClN6O4/c1-3-34(12-6-14-39-22-7-4-5-13-38-22)27(37)24-25(31-17-36)33-26(23-18(2)32-21(28)15-30-23)35(24)16-19-8-10-20(29)11-9-19/h8-11,15,17,22H,3-7,12-14,16H2,1-2H3,(H,31,36). The summed E-state index contributed by atoms with van der Waals surface area (Å²) in [5, 5.41) is 3.23. The summed E-state index contributed by atoms with van der Waals surface area (Å²) in [4.78, 5) is 40.9. The Kier molecular flexibility index (Phi) is 10.4. The van der Waals surface area contributed by atoms with Gasteiger partial charge in [0.25, 0.3) is 5.91 Å². The number of anilines is 1. The van der Waals surface area contributed by atoms with Crippen molar-refractivity contribution in [3.8, 4) is 11.5 Å². The SMILES string of the molecule is CCN(CCCOC1CCCCO1)C(=O)c1c(NC=O)nc(-c2ncc(Br)nc2C)n1Cc1ccc(Cl)cc1. The van der Waals surface area contributed by atoms with Crippen LogP contribution in [0.5, 0.6) is 0 Å². The van der Waals surface area contributed by atoms with Gasteiger partial charge in [-0.1, -0.05) is 23.7 Å². The fourth-order valence-electron chi connectivity index (χ4n) is 4.47. The number of carbonyl (C=O) groups is 2. The van der Waals surface area contributed by atoms with Crippen LogP contribution in [0.15, 0.2) is 35.1 Å². The summed E-state index contributed by atoms with van der Waals surface area (Å²) in [7, 11) is 0. The van der Waals surface area contributed by atoms with Crippen LogP contribution in [-0.4, -0.2) is 69.3 Å². The molecule has 4 rings (SSSR count). The second-order valence-electron chi connectivity index (χ2n) is 9.14. The molecule has 2 aromatic heterocycles. The van der Waals surface area contributed by atoms with Crippen molar-refractivity contribution in [2.24, 2.45) is 0 Å². The number of aromatic nitrogens is 4. The molecule has 208 valence electrons. The summed E-state index contributed by atoms with van der Waals surface area (Å²) in [6.07, 6.45) is 5.61. The van der Waals surface area contributed by atoms with Gasteiger partial charge >= 0.3 is 0 Å². The summed E-state index contributed by atoms with van der Waals surface area (Å²) in [6, 6.07) is 7.35. The van der Waals surface area contributed by atoms with Crippen molar-refractivity contribution in [2.75, 3.05) is 31.6 Å². The molecule has 0 aliphatic carbocycles. The molecule has 1 saturated heterocycles. The Morgan fingerprint density at radius 1 is 1.31 bits per heavy atom. The van der Waals surface area contributed by atoms with Gasteiger partial charge in [0.15, 0.2) is 23.6 Å². The molecule has 1 aliphatic heterocycles. The van der Waals surface area contributed by atoms with E-state index in [9.17, 15) is 9.59 Å². The van der Waals surface area contributed by atoms with Crippen LogP contribution in [0.25, 0.3) is 11.5 Å². The van der Waals surface area contributed by atoms with Crippen molar-refractivity contribution in [2.45, 2.75) is 52.4 Å². The predicted molar refractivity (Wildman–Crippen MR) is 152 cm³/mol. The maximum absolute atomic E-state index is 14.0. The first-order valence-electron chi connectivity index (χ1n) is 13.0. The summed E-state index contributed by atoms with van der Waals surface area (Å²) in [5.74, 6) is 0.323. The van der Waals surface area contributed by atoms with Gasteiger partial charge in [-0.25, -0.2) is 15.0 Å². The summed E-state index contributed by atoms with van der Waals surface area (Å²) >= 11 is 9.45. The van der Waals surface area contributed by atoms with Gasteiger partial charge in [0.1, 0.15) is 10.3 Å². The highest BCUT2D eigenvalue weighted by molar-refractivity contribution is 9.10. The van der Waals surface area contributed by atoms with E-state index >= 15 is 0 Å². The van der Waals surface area contributed by atoms with Crippen LogP contribution in [0.2, 0.25) is 5.02 Å². The zero-order valence-corrected chi connectivity index (χ0v) is 24.4. The van der Waals surface area contributed by atoms with Crippen molar-refractivity contribution < 1.29 is 19.1 Å². The number of hydrogen-bond donors (Lipinski definition) is 1. The molecule has 12 heteroatoms. The third-order valence-corrected chi connectivity index (χ3v) is 7.07. The van der Waals surface area contributed by atoms with Crippen LogP contribution in [-0.2, 0) is 20.8 Å². The number of ether oxygens (including phenoxy) is 2. The minimum atomic E-state index is -0.258. The number of benzene rings is 1. The van der Waals surface area contributed by atoms with E-state index < -0.39 is 0 Å². The molecule has 1 fully saturated rings. The van der Waals surface area contributed by atoms with Crippen LogP contribution < -0.4 is 5.32 Å². The normalized spacial score (nSPS) is 15.2. The minimum Gasteiger partial charge on any atom is -0.353 e. The molecular weight excluding hydrogens is 588 g/mol. The number of halogens is 2. The lowest BCUT2D eigenvalue weighted by atomic mass is 10.2. The van der Waals surface area contributed by atoms with E-state index in [4.69, 9.17) is 21.1 Å². The lowest BCUT2D eigenvalue weighted by Gasteiger charge is -2.25. The molecule has 1 aromatic carbocycles. The molecular formula is C27H32BrClN6O4. The highest BCUT2D eigenvalue weighted by Crippen LogP contribution is 2.29. The van der Waals surface area contributed by atoms with E-state index in [2.05, 4.69) is 36.2 Å². The first-order valence-corrected chi connectivity index (χ1v) is 14.2. The lowest BCUT2D eigenvalue weighted by Crippen LogP contribution is -2.35. The van der Waals surface area contributed by atoms with Crippen LogP contribution >= 0.6 is 27.5 Å². The molecule has 3 heterocycles. The van der Waals surface area contributed by atoms with E-state index in [-0.39, 0.29) is 23.7 Å². The Morgan fingerprint density at radius 3 is 2.77 bits per heavy atom. The molecule has 1 atom stereocenters. The molecule has 2 amide bonds. The van der Waals surface area contributed by atoms with Crippen LogP contribution in [0.4, 0.5) is 5.82 Å². The Morgan fingerprint density at radius 2 is 2.10 bits per heavy atom. The van der Waals surface area contributed by atoms with Gasteiger partial charge < -0.3 is 24.3 Å². The highest BCUT2D eigenvalue weighted by atomic mass is 79.9. The van der Waals surface area contributed by atoms with E-state index in [1.807, 2.05) is 26.0 Å². The van der Waals surface area contributed by atoms with E-state index in [1.54, 1.807) is 27.8 Å². The third-order valence-electron chi connectivity index (χ3n) is 6.43. The van der Waals surface area contributed by atoms with Gasteiger partial charge in [0.2, 0.25) is 6.41 Å². The third kappa shape index (κ3) is 7.42. The second kappa shape index (κ2) is 14.0. The molecule has 1 aliphatic rings. The Labute approximate surface area is 241 Å². The van der Waals surface area contributed by atoms with E-state index in [0.717, 1.165) is 31.4 Å². The van der Waals surface area contributed by atoms with Crippen LogP contribution in [0, 0.1) is 6.92 Å². The Hall–Kier alpha value is -2.86. The zero-order valence-electron chi connectivity index (χ0n) is 22.0. The first kappa shape index (κ1) is 29.1. The zero-order chi connectivity index (χ0) is 27.8. The summed E-state index contributed by atoms with van der Waals surface area (Å²) < 4.78 is 13.8. The van der Waals surface area contributed by atoms with Crippen molar-refractivity contribution in [1.82, 2.24) is 24.4 Å². The molecule has 3 aromatic rings. The molecule has 0 radical (unpaired) electrons. The minimum absolute atomic E-state index is 0.161. The van der Waals surface area contributed by atoms with Gasteiger partial charge in [0.05, 0.1) is 18.5 Å². The molecule has 1 unspecified atom stereocenters. The Balaban J connectivity index is 1.66. The Bertz CT molecular complexity index is 1280. The van der Waals surface area contributed by atoms with Gasteiger partial charge in [-0.2, -0.15) is 0 Å². The average Bonchev–Trinajstić information content (AvgIpc) is 3.27. The van der Waals surface area contributed by atoms with E-state index in [1.165, 1.54) is 0 Å². The maximum Gasteiger partial charge on any atom is 0.274 e. The molecule has 0 bridgehead atoms. The number of aryl methyl sites for hydroxylation is 1. The topological polar surface area (TPSA) is 111 Å². The molecule has 10 nitrogen and oxygen atoms in total. The summed E-state index contributed by atoms with van der Waals surface area (Å²) in [5.41, 5.74) is 2.29. The van der Waals surface area contributed by atoms with Gasteiger partial charge in [-0.15, -0.1) is 0 Å². The van der Waals surface area contributed by atoms with Crippen molar-refractivity contribution in [3.05, 3.63) is 57.0 Å². The maximum atomic E-state index is 14.0. The highest BCUT2D eigenvalue weighted by Gasteiger charge is 2.29. The molecule has 0 spiro atoms. The smallest absolute Gasteiger partial charge is 0.274 e. The number of imidazole rings is 1. The number of rotatable bonds is 12. The quantitative estimate of drug-likeness (QED) is 0.222. The monoisotopic (exact) mass is 618 g/mol. The van der Waals surface area contributed by atoms with Gasteiger partial charge in [0, 0.05) is 31.3 Å². The number of nitrogens with zero attached hydrogens (tertiary/aromatic N) is 5. The number of carbonyl (C=O) groups excluding carboxylic acids is 2. The first-order chi connectivity index (χ1) is 18.9. The molecule has 39 heavy (non-hydrogen) atoms. The van der Waals surface area contributed by atoms with Gasteiger partial charge in [-0.3, -0.25) is 9.59 Å². The fraction of sp³-hybridized carbons (Fsp3) is 0.444. The molecule has 0 saturated carbocycles. The number of nitrogens with one attached hydrogen (secondary N) is 1. The van der Waals surface area contributed by atoms with Gasteiger partial charge in [-0.05, 0) is 73.2 Å². The lowest BCUT2D eigenvalue weighted by molar-refractivity contribution is -0.162. The number of amides is 2. The number of hydrogen-bond acceptors (Lipinski definition) is 7. The second-order valence-corrected chi connectivity index (χ2v) is 10.4. The predicted octanol–water partition coefficient (Wildman–Crippen LogP) is 5.08. The summed E-state index contributed by atoms with van der Waals surface area (Å²) in [6.45, 7) is 6.19. The van der Waals surface area contributed by atoms with Crippen LogP contribution in [0.1, 0.15) is 54.4 Å².